The number of rotatable bonds is 7. The number of unbranched alkanes of at least 4 members (excludes halogenated alkanes) is 1. The molecule has 1 aromatic carbocycles. The monoisotopic (exact) mass is 412 g/mol. The van der Waals surface area contributed by atoms with E-state index in [-0.39, 0.29) is 29.9 Å². The number of esters is 1. The van der Waals surface area contributed by atoms with Crippen molar-refractivity contribution in [3.8, 4) is 0 Å². The molecule has 6 heteroatoms. The summed E-state index contributed by atoms with van der Waals surface area (Å²) in [4.78, 5) is 28.6. The summed E-state index contributed by atoms with van der Waals surface area (Å²) in [6, 6.07) is 10.2. The number of benzene rings is 1. The molecule has 0 saturated carbocycles. The van der Waals surface area contributed by atoms with Gasteiger partial charge in [0.05, 0.1) is 5.52 Å². The van der Waals surface area contributed by atoms with Crippen LogP contribution >= 0.6 is 0 Å². The summed E-state index contributed by atoms with van der Waals surface area (Å²) in [7, 11) is 0. The summed E-state index contributed by atoms with van der Waals surface area (Å²) in [6.45, 7) is 5.14. The van der Waals surface area contributed by atoms with Crippen LogP contribution in [-0.2, 0) is 4.74 Å². The van der Waals surface area contributed by atoms with Crippen LogP contribution < -0.4 is 5.56 Å². The zero-order valence-corrected chi connectivity index (χ0v) is 17.9. The van der Waals surface area contributed by atoms with Crippen molar-refractivity contribution in [3.63, 3.8) is 0 Å². The number of aliphatic hydroxyl groups excluding tert-OH is 1. The van der Waals surface area contributed by atoms with Crippen molar-refractivity contribution in [2.75, 3.05) is 13.2 Å². The van der Waals surface area contributed by atoms with Gasteiger partial charge in [0, 0.05) is 37.6 Å². The number of carbonyl (C=O) groups is 1. The lowest BCUT2D eigenvalue weighted by atomic mass is 9.99. The van der Waals surface area contributed by atoms with Gasteiger partial charge in [0.2, 0.25) is 0 Å². The van der Waals surface area contributed by atoms with Crippen molar-refractivity contribution in [2.24, 2.45) is 0 Å². The minimum atomic E-state index is -0.502. The summed E-state index contributed by atoms with van der Waals surface area (Å²) >= 11 is 0. The van der Waals surface area contributed by atoms with Crippen LogP contribution in [0, 0.1) is 0 Å². The highest BCUT2D eigenvalue weighted by Crippen LogP contribution is 2.37. The summed E-state index contributed by atoms with van der Waals surface area (Å²) in [6.07, 6.45) is 5.61. The first-order valence-corrected chi connectivity index (χ1v) is 11.2. The Morgan fingerprint density at radius 3 is 2.53 bits per heavy atom. The number of fused-ring (bicyclic) bond motifs is 3. The van der Waals surface area contributed by atoms with Gasteiger partial charge < -0.3 is 14.4 Å². The second-order valence-corrected chi connectivity index (χ2v) is 8.94. The van der Waals surface area contributed by atoms with Gasteiger partial charge in [-0.25, -0.2) is 4.79 Å². The molecule has 1 N–H and O–H groups in total. The fourth-order valence-electron chi connectivity index (χ4n) is 5.25. The maximum Gasteiger partial charge on any atom is 0.344 e. The Kier molecular flexibility index (Phi) is 6.25. The molecule has 2 aromatic rings. The van der Waals surface area contributed by atoms with Crippen LogP contribution in [-0.4, -0.2) is 51.9 Å². The predicted octanol–water partition coefficient (Wildman–Crippen LogP) is 3.51. The molecule has 2 bridgehead atoms. The molecular weight excluding hydrogens is 380 g/mol. The minimum Gasteiger partial charge on any atom is -0.459 e. The van der Waals surface area contributed by atoms with Crippen molar-refractivity contribution >= 4 is 16.9 Å². The molecule has 1 unspecified atom stereocenters. The summed E-state index contributed by atoms with van der Waals surface area (Å²) in [5, 5.41) is 9.90. The SMILES string of the molecule is CC(C)n1c(=O)c(C(=O)OC2C[C@H]3CC[C@@H](C2)N3CCCCO)cc2ccccc21. The van der Waals surface area contributed by atoms with Gasteiger partial charge in [-0.15, -0.1) is 0 Å². The Morgan fingerprint density at radius 1 is 1.17 bits per heavy atom. The Balaban J connectivity index is 1.51. The molecule has 0 amide bonds. The van der Waals surface area contributed by atoms with Crippen molar-refractivity contribution in [2.45, 2.75) is 76.6 Å². The molecule has 162 valence electrons. The van der Waals surface area contributed by atoms with Crippen LogP contribution in [0.15, 0.2) is 35.1 Å². The third-order valence-electron chi connectivity index (χ3n) is 6.62. The van der Waals surface area contributed by atoms with Crippen molar-refractivity contribution < 1.29 is 14.6 Å². The number of piperidine rings is 1. The van der Waals surface area contributed by atoms with Crippen LogP contribution in [0.5, 0.6) is 0 Å². The maximum atomic E-state index is 13.1. The normalized spacial score (nSPS) is 23.9. The molecule has 2 fully saturated rings. The minimum absolute atomic E-state index is 0.0480. The van der Waals surface area contributed by atoms with E-state index < -0.39 is 5.97 Å². The van der Waals surface area contributed by atoms with Crippen LogP contribution in [0.1, 0.15) is 68.8 Å². The van der Waals surface area contributed by atoms with Gasteiger partial charge in [-0.2, -0.15) is 0 Å². The number of carbonyl (C=O) groups excluding carboxylic acids is 1. The highest BCUT2D eigenvalue weighted by Gasteiger charge is 2.41. The first-order valence-electron chi connectivity index (χ1n) is 11.2. The Labute approximate surface area is 177 Å². The molecular formula is C24H32N2O4. The molecule has 30 heavy (non-hydrogen) atoms. The number of aliphatic hydroxyl groups is 1. The lowest BCUT2D eigenvalue weighted by Crippen LogP contribution is -2.46. The second-order valence-electron chi connectivity index (χ2n) is 8.94. The lowest BCUT2D eigenvalue weighted by Gasteiger charge is -2.38. The van der Waals surface area contributed by atoms with E-state index in [0.717, 1.165) is 56.0 Å². The molecule has 4 rings (SSSR count). The zero-order chi connectivity index (χ0) is 21.3. The van der Waals surface area contributed by atoms with Gasteiger partial charge in [0.15, 0.2) is 0 Å². The Hall–Kier alpha value is -2.18. The van der Waals surface area contributed by atoms with Crippen LogP contribution in [0.25, 0.3) is 10.9 Å². The van der Waals surface area contributed by atoms with Crippen LogP contribution in [0.4, 0.5) is 0 Å². The van der Waals surface area contributed by atoms with Gasteiger partial charge >= 0.3 is 5.97 Å². The second kappa shape index (κ2) is 8.90. The fourth-order valence-corrected chi connectivity index (χ4v) is 5.25. The smallest absolute Gasteiger partial charge is 0.344 e. The number of hydrogen-bond donors (Lipinski definition) is 1. The molecule has 0 radical (unpaired) electrons. The van der Waals surface area contributed by atoms with Gasteiger partial charge in [0.25, 0.3) is 5.56 Å². The molecule has 6 nitrogen and oxygen atoms in total. The van der Waals surface area contributed by atoms with Gasteiger partial charge in [0.1, 0.15) is 11.7 Å². The molecule has 2 saturated heterocycles. The number of pyridine rings is 1. The topological polar surface area (TPSA) is 71.8 Å². The van der Waals surface area contributed by atoms with E-state index in [4.69, 9.17) is 9.84 Å². The van der Waals surface area contributed by atoms with Gasteiger partial charge in [-0.05, 0) is 63.6 Å². The van der Waals surface area contributed by atoms with Crippen molar-refractivity contribution in [3.05, 3.63) is 46.2 Å². The molecule has 2 aliphatic rings. The van der Waals surface area contributed by atoms with E-state index in [2.05, 4.69) is 4.90 Å². The molecule has 1 aromatic heterocycles. The van der Waals surface area contributed by atoms with Crippen molar-refractivity contribution in [1.29, 1.82) is 0 Å². The predicted molar refractivity (Wildman–Crippen MR) is 117 cm³/mol. The molecule has 3 atom stereocenters. The molecule has 0 spiro atoms. The van der Waals surface area contributed by atoms with E-state index in [1.54, 1.807) is 10.6 Å². The van der Waals surface area contributed by atoms with E-state index in [1.807, 2.05) is 38.1 Å². The number of para-hydroxylation sites is 1. The summed E-state index contributed by atoms with van der Waals surface area (Å²) in [5.41, 5.74) is 0.682. The van der Waals surface area contributed by atoms with E-state index in [1.165, 1.54) is 0 Å². The summed E-state index contributed by atoms with van der Waals surface area (Å²) < 4.78 is 7.56. The first-order chi connectivity index (χ1) is 14.5. The third kappa shape index (κ3) is 4.03. The average molecular weight is 413 g/mol. The largest absolute Gasteiger partial charge is 0.459 e. The fraction of sp³-hybridized carbons (Fsp3) is 0.583. The Morgan fingerprint density at radius 2 is 1.87 bits per heavy atom. The maximum absolute atomic E-state index is 13.1. The van der Waals surface area contributed by atoms with Crippen molar-refractivity contribution in [1.82, 2.24) is 9.47 Å². The standard InChI is InChI=1S/C24H32N2O4/c1-16(2)26-22-8-4-3-7-17(22)13-21(23(26)28)24(29)30-20-14-18-9-10-19(15-20)25(18)11-5-6-12-27/h3-4,7-8,13,16,18-20,27H,5-6,9-12,14-15H2,1-2H3/t18-,19+,20?. The van der Waals surface area contributed by atoms with Crippen LogP contribution in [0.3, 0.4) is 0 Å². The lowest BCUT2D eigenvalue weighted by molar-refractivity contribution is -0.00670. The first kappa shape index (κ1) is 21.1. The highest BCUT2D eigenvalue weighted by atomic mass is 16.5. The van der Waals surface area contributed by atoms with Gasteiger partial charge in [-0.3, -0.25) is 9.69 Å². The number of ether oxygens (including phenoxy) is 1. The quantitative estimate of drug-likeness (QED) is 0.557. The average Bonchev–Trinajstić information content (AvgIpc) is 2.95. The Bertz CT molecular complexity index is 953. The third-order valence-corrected chi connectivity index (χ3v) is 6.62. The number of nitrogens with zero attached hydrogens (tertiary/aromatic N) is 2. The molecule has 2 aliphatic heterocycles. The number of hydrogen-bond acceptors (Lipinski definition) is 5. The number of aromatic nitrogens is 1. The van der Waals surface area contributed by atoms with E-state index in [0.29, 0.717) is 12.1 Å². The van der Waals surface area contributed by atoms with Crippen LogP contribution in [0.2, 0.25) is 0 Å². The molecule has 0 aliphatic carbocycles. The zero-order valence-electron chi connectivity index (χ0n) is 17.9. The summed E-state index contributed by atoms with van der Waals surface area (Å²) in [5.74, 6) is -0.502. The highest BCUT2D eigenvalue weighted by molar-refractivity contribution is 5.94. The van der Waals surface area contributed by atoms with Gasteiger partial charge in [-0.1, -0.05) is 18.2 Å². The van der Waals surface area contributed by atoms with E-state index >= 15 is 0 Å². The van der Waals surface area contributed by atoms with E-state index in [9.17, 15) is 9.59 Å². The molecule has 3 heterocycles.